The Morgan fingerprint density at radius 1 is 0.123 bits per heavy atom. The van der Waals surface area contributed by atoms with Crippen LogP contribution in [0.15, 0.2) is 425 Å². The van der Waals surface area contributed by atoms with E-state index in [-0.39, 0.29) is 16.2 Å². The van der Waals surface area contributed by atoms with Gasteiger partial charge in [0, 0.05) is 16.2 Å². The van der Waals surface area contributed by atoms with E-state index in [1.165, 1.54) is 275 Å². The molecule has 1 spiro atoms. The van der Waals surface area contributed by atoms with Crippen LogP contribution in [0.4, 0.5) is 0 Å². The van der Waals surface area contributed by atoms with E-state index in [0.29, 0.717) is 0 Å². The van der Waals surface area contributed by atoms with Gasteiger partial charge in [-0.05, 0) is 299 Å². The summed E-state index contributed by atoms with van der Waals surface area (Å²) in [6, 6.07) is 161. The molecule has 23 aromatic rings. The smallest absolute Gasteiger partial charge is 0.0619 e. The average molecular weight is 1650 g/mol. The third kappa shape index (κ3) is 10.2. The summed E-state index contributed by atoms with van der Waals surface area (Å²) in [6.45, 7) is 14.4. The normalized spacial score (nSPS) is 14.3. The van der Waals surface area contributed by atoms with Crippen molar-refractivity contribution in [3.8, 4) is 122 Å². The average Bonchev–Trinajstić information content (AvgIpc) is 1.50. The van der Waals surface area contributed by atoms with Gasteiger partial charge in [-0.25, -0.2) is 0 Å². The highest BCUT2D eigenvalue weighted by molar-refractivity contribution is 6.27. The van der Waals surface area contributed by atoms with Gasteiger partial charge in [-0.1, -0.05) is 442 Å². The summed E-state index contributed by atoms with van der Waals surface area (Å²) in [4.78, 5) is 0. The van der Waals surface area contributed by atoms with Crippen LogP contribution in [-0.4, -0.2) is 0 Å². The van der Waals surface area contributed by atoms with Gasteiger partial charge in [0.2, 0.25) is 0 Å². The number of benzene rings is 23. The summed E-state index contributed by atoms with van der Waals surface area (Å²) in [6.07, 6.45) is 0. The van der Waals surface area contributed by atoms with Gasteiger partial charge in [0.15, 0.2) is 0 Å². The Balaban J connectivity index is 0.000000134. The van der Waals surface area contributed by atoms with Crippen molar-refractivity contribution in [2.75, 3.05) is 0 Å². The first-order valence-electron chi connectivity index (χ1n) is 46.2. The third-order valence-corrected chi connectivity index (χ3v) is 31.1. The van der Waals surface area contributed by atoms with Crippen molar-refractivity contribution >= 4 is 97.0 Å². The Labute approximate surface area is 757 Å². The van der Waals surface area contributed by atoms with Crippen molar-refractivity contribution in [1.29, 1.82) is 0 Å². The van der Waals surface area contributed by atoms with Crippen molar-refractivity contribution in [3.63, 3.8) is 0 Å². The molecule has 0 atom stereocenters. The van der Waals surface area contributed by atoms with Crippen molar-refractivity contribution in [3.05, 3.63) is 480 Å². The lowest BCUT2D eigenvalue weighted by atomic mass is 9.70. The maximum atomic E-state index is 2.54. The summed E-state index contributed by atoms with van der Waals surface area (Å²) < 4.78 is 0. The monoisotopic (exact) mass is 1650 g/mol. The molecule has 0 aromatic heterocycles. The molecule has 608 valence electrons. The molecule has 0 amide bonds. The van der Waals surface area contributed by atoms with Crippen LogP contribution in [0.2, 0.25) is 0 Å². The molecule has 0 heteroatoms. The molecule has 28 rings (SSSR count). The van der Waals surface area contributed by atoms with E-state index < -0.39 is 5.41 Å². The minimum atomic E-state index is -0.400. The van der Waals surface area contributed by atoms with Gasteiger partial charge >= 0.3 is 0 Å². The van der Waals surface area contributed by atoms with Crippen molar-refractivity contribution in [2.45, 2.75) is 63.2 Å². The fourth-order valence-electron chi connectivity index (χ4n) is 25.5. The summed E-state index contributed by atoms with van der Waals surface area (Å²) in [5.74, 6) is 0. The molecule has 5 aliphatic carbocycles. The van der Waals surface area contributed by atoms with E-state index in [1.54, 1.807) is 0 Å². The van der Waals surface area contributed by atoms with E-state index in [2.05, 4.69) is 466 Å². The molecule has 0 nitrogen and oxygen atoms in total. The van der Waals surface area contributed by atoms with Gasteiger partial charge in [-0.3, -0.25) is 0 Å². The van der Waals surface area contributed by atoms with E-state index in [0.717, 1.165) is 0 Å². The van der Waals surface area contributed by atoms with Crippen LogP contribution in [0.25, 0.3) is 219 Å². The Kier molecular flexibility index (Phi) is 15.8. The molecule has 0 bridgehead atoms. The highest BCUT2D eigenvalue weighted by Gasteiger charge is 2.52. The van der Waals surface area contributed by atoms with Crippen LogP contribution in [0, 0.1) is 0 Å². The predicted molar refractivity (Wildman–Crippen MR) is 552 cm³/mol. The highest BCUT2D eigenvalue weighted by atomic mass is 14.5. The first-order valence-corrected chi connectivity index (χ1v) is 46.2. The van der Waals surface area contributed by atoms with Gasteiger partial charge in [-0.2, -0.15) is 0 Å². The first kappa shape index (κ1) is 74.6. The lowest BCUT2D eigenvalue weighted by molar-refractivity contribution is 0.661. The molecular weight excluding hydrogens is 1560 g/mol. The number of hydrogen-bond acceptors (Lipinski definition) is 0. The van der Waals surface area contributed by atoms with E-state index in [9.17, 15) is 0 Å². The van der Waals surface area contributed by atoms with Crippen LogP contribution < -0.4 is 0 Å². The van der Waals surface area contributed by atoms with Crippen LogP contribution in [0.5, 0.6) is 0 Å². The first-order chi connectivity index (χ1) is 63.8. The SMILES string of the molecule is CC1(C)c2ccc(-c3ccc(-c4c5ccccc5c(-c5ccc6c(c5)C5(c7ccccc7-c7ccccc75)c5ccccc5-6)c5ccccc45)cc3)cc2-c2c1c1ccccc1c1ccccc21.CC1(C)c2ccccc2-c2c1cc(-c1c3ccccc3c(-c3ccc(-c4ccc5c(c4)-c4c(c6ccccc6c6ccccc46)C5(C)C)cc3)c3ccccc13)c1ccccc21. The molecule has 5 aliphatic rings. The maximum absolute atomic E-state index is 2.54. The summed E-state index contributed by atoms with van der Waals surface area (Å²) in [5, 5.41) is 23.5. The summed E-state index contributed by atoms with van der Waals surface area (Å²) >= 11 is 0. The van der Waals surface area contributed by atoms with Gasteiger partial charge < -0.3 is 0 Å². The second-order valence-corrected chi connectivity index (χ2v) is 38.5. The Morgan fingerprint density at radius 2 is 0.385 bits per heavy atom. The largest absolute Gasteiger partial charge is 0.0725 e. The van der Waals surface area contributed by atoms with Crippen LogP contribution in [0.1, 0.15) is 97.2 Å². The zero-order chi connectivity index (χ0) is 86.4. The Hall–Kier alpha value is -15.6. The molecule has 0 aliphatic heterocycles. The number of rotatable bonds is 6. The van der Waals surface area contributed by atoms with Crippen molar-refractivity contribution in [1.82, 2.24) is 0 Å². The van der Waals surface area contributed by atoms with Gasteiger partial charge in [0.1, 0.15) is 0 Å². The molecule has 0 heterocycles. The van der Waals surface area contributed by atoms with Crippen molar-refractivity contribution < 1.29 is 0 Å². The van der Waals surface area contributed by atoms with Gasteiger partial charge in [0.25, 0.3) is 0 Å². The molecule has 0 radical (unpaired) electrons. The van der Waals surface area contributed by atoms with Gasteiger partial charge in [0.05, 0.1) is 5.41 Å². The molecule has 0 N–H and O–H groups in total. The van der Waals surface area contributed by atoms with Crippen LogP contribution in [-0.2, 0) is 21.7 Å². The van der Waals surface area contributed by atoms with E-state index in [1.807, 2.05) is 0 Å². The second kappa shape index (κ2) is 27.5. The summed E-state index contributed by atoms with van der Waals surface area (Å²) in [7, 11) is 0. The minimum absolute atomic E-state index is 0.113. The molecule has 0 saturated heterocycles. The standard InChI is InChI=1S/C68H44.C62H44/c1-67(2)58-38-36-43(39-57(58)65-51-22-5-3-17-45(51)46-18-4-10-27-56(46)66(65)67)41-31-33-42(34-32-41)63-52-23-6-8-25-54(52)64(55-26-9-7-24-53(55)63)44-35-37-50-49-21-13-16-30-61(49)68(62(50)40-44)59-28-14-11-19-47(59)48-20-12-15-29-60(48)68;1-61(2)53-28-16-15-27-50(53)58-43-20-8-6-19-42(43)51(36-55(58)61)57-47-24-12-10-22-45(47)56(46-23-11-13-25-48(46)57)38-31-29-37(30-32-38)39-33-34-54-52(35-39)59-44-21-9-5-17-40(44)41-18-7-14-26-49(41)60(59)62(54,3)4/h3-40H,1-2H3;5-36H,1-4H3. The summed E-state index contributed by atoms with van der Waals surface area (Å²) in [5.41, 5.74) is 41.8. The fourth-order valence-corrected chi connectivity index (χ4v) is 25.5. The van der Waals surface area contributed by atoms with E-state index >= 15 is 0 Å². The fraction of sp³-hybridized carbons (Fsp3) is 0.0769. The zero-order valence-electron chi connectivity index (χ0n) is 73.4. The Morgan fingerprint density at radius 3 is 0.777 bits per heavy atom. The highest BCUT2D eigenvalue weighted by Crippen LogP contribution is 2.65. The molecular formula is C130H88. The lowest BCUT2D eigenvalue weighted by Gasteiger charge is -2.30. The number of hydrogen-bond donors (Lipinski definition) is 0. The lowest BCUT2D eigenvalue weighted by Crippen LogP contribution is -2.25. The van der Waals surface area contributed by atoms with E-state index in [4.69, 9.17) is 0 Å². The second-order valence-electron chi connectivity index (χ2n) is 38.5. The molecule has 130 heavy (non-hydrogen) atoms. The quantitative estimate of drug-likeness (QED) is 0.115. The van der Waals surface area contributed by atoms with Gasteiger partial charge in [-0.15, -0.1) is 0 Å². The zero-order valence-corrected chi connectivity index (χ0v) is 73.4. The molecule has 23 aromatic carbocycles. The Bertz CT molecular complexity index is 8750. The molecule has 0 saturated carbocycles. The van der Waals surface area contributed by atoms with Crippen LogP contribution in [0.3, 0.4) is 0 Å². The van der Waals surface area contributed by atoms with Crippen LogP contribution >= 0.6 is 0 Å². The molecule has 0 unspecified atom stereocenters. The maximum Gasteiger partial charge on any atom is 0.0725 e. The number of fused-ring (bicyclic) bond motifs is 35. The third-order valence-electron chi connectivity index (χ3n) is 31.1. The minimum Gasteiger partial charge on any atom is -0.0619 e. The topological polar surface area (TPSA) is 0 Å². The van der Waals surface area contributed by atoms with Crippen molar-refractivity contribution in [2.24, 2.45) is 0 Å². The predicted octanol–water partition coefficient (Wildman–Crippen LogP) is 35.0. The molecule has 0 fully saturated rings.